The van der Waals surface area contributed by atoms with Crippen LogP contribution in [0, 0.1) is 0 Å². The largest absolute Gasteiger partial charge is 0.359 e. The van der Waals surface area contributed by atoms with Gasteiger partial charge in [-0.2, -0.15) is 0 Å². The van der Waals surface area contributed by atoms with Gasteiger partial charge in [0.2, 0.25) is 5.43 Å². The lowest BCUT2D eigenvalue weighted by atomic mass is 10.2. The lowest BCUT2D eigenvalue weighted by Gasteiger charge is -1.97. The second-order valence-electron chi connectivity index (χ2n) is 2.70. The van der Waals surface area contributed by atoms with E-state index in [4.69, 9.17) is 11.6 Å². The van der Waals surface area contributed by atoms with Crippen LogP contribution in [0.5, 0.6) is 0 Å². The van der Waals surface area contributed by atoms with Crippen molar-refractivity contribution in [2.75, 3.05) is 0 Å². The molecule has 1 N–H and O–H groups in total. The van der Waals surface area contributed by atoms with E-state index < -0.39 is 10.7 Å². The molecular formula is C9H5ClN2O2. The molecule has 70 valence electrons. The van der Waals surface area contributed by atoms with Crippen molar-refractivity contribution in [3.8, 4) is 0 Å². The van der Waals surface area contributed by atoms with Crippen LogP contribution in [0.15, 0.2) is 29.3 Å². The minimum absolute atomic E-state index is 0.0853. The molecule has 2 aromatic rings. The third-order valence-electron chi connectivity index (χ3n) is 1.85. The number of carbonyl (C=O) groups is 1. The van der Waals surface area contributed by atoms with Gasteiger partial charge in [0, 0.05) is 12.4 Å². The number of hydrogen-bond acceptors (Lipinski definition) is 3. The molecule has 5 heteroatoms. The van der Waals surface area contributed by atoms with Gasteiger partial charge in [-0.05, 0) is 23.7 Å². The standard InChI is InChI=1S/C9H5ClN2O2/c10-9(14)5-4-12-6-2-1-3-11-7(6)8(5)13/h1-4H,(H,12,13). The first-order valence-electron chi connectivity index (χ1n) is 3.86. The van der Waals surface area contributed by atoms with Crippen LogP contribution in [0.3, 0.4) is 0 Å². The van der Waals surface area contributed by atoms with Crippen molar-refractivity contribution in [1.29, 1.82) is 0 Å². The average Bonchev–Trinajstić information content (AvgIpc) is 2.18. The molecule has 0 fully saturated rings. The number of halogens is 1. The summed E-state index contributed by atoms with van der Waals surface area (Å²) in [6.45, 7) is 0. The number of H-pyrrole nitrogens is 1. The Morgan fingerprint density at radius 1 is 1.50 bits per heavy atom. The molecule has 0 aliphatic heterocycles. The molecule has 2 rings (SSSR count). The number of carbonyl (C=O) groups excluding carboxylic acids is 1. The topological polar surface area (TPSA) is 62.8 Å². The molecule has 4 nitrogen and oxygen atoms in total. The Kier molecular flexibility index (Phi) is 2.05. The molecule has 2 heterocycles. The summed E-state index contributed by atoms with van der Waals surface area (Å²) in [4.78, 5) is 29.1. The van der Waals surface area contributed by atoms with Crippen molar-refractivity contribution in [3.05, 3.63) is 40.3 Å². The van der Waals surface area contributed by atoms with E-state index in [0.717, 1.165) is 0 Å². The number of pyridine rings is 2. The molecule has 0 atom stereocenters. The predicted molar refractivity (Wildman–Crippen MR) is 52.5 cm³/mol. The summed E-state index contributed by atoms with van der Waals surface area (Å²) < 4.78 is 0. The monoisotopic (exact) mass is 208 g/mol. The molecule has 0 spiro atoms. The van der Waals surface area contributed by atoms with E-state index in [0.29, 0.717) is 5.52 Å². The molecule has 2 aromatic heterocycles. The Morgan fingerprint density at radius 3 is 3.00 bits per heavy atom. The van der Waals surface area contributed by atoms with Crippen LogP contribution in [0.1, 0.15) is 10.4 Å². The maximum absolute atomic E-state index is 11.6. The van der Waals surface area contributed by atoms with Gasteiger partial charge >= 0.3 is 0 Å². The van der Waals surface area contributed by atoms with Crippen LogP contribution in [-0.2, 0) is 0 Å². The van der Waals surface area contributed by atoms with Crippen LogP contribution < -0.4 is 5.43 Å². The highest BCUT2D eigenvalue weighted by atomic mass is 35.5. The minimum Gasteiger partial charge on any atom is -0.359 e. The molecular weight excluding hydrogens is 204 g/mol. The summed E-state index contributed by atoms with van der Waals surface area (Å²) >= 11 is 5.22. The van der Waals surface area contributed by atoms with E-state index in [2.05, 4.69) is 9.97 Å². The highest BCUT2D eigenvalue weighted by Gasteiger charge is 2.10. The lowest BCUT2D eigenvalue weighted by molar-refractivity contribution is 0.108. The predicted octanol–water partition coefficient (Wildman–Crippen LogP) is 1.30. The van der Waals surface area contributed by atoms with Crippen LogP contribution in [0.2, 0.25) is 0 Å². The lowest BCUT2D eigenvalue weighted by Crippen LogP contribution is -2.13. The number of rotatable bonds is 1. The summed E-state index contributed by atoms with van der Waals surface area (Å²) in [5, 5.41) is -0.779. The van der Waals surface area contributed by atoms with Crippen LogP contribution in [-0.4, -0.2) is 15.2 Å². The first-order valence-corrected chi connectivity index (χ1v) is 4.24. The summed E-state index contributed by atoms with van der Waals surface area (Å²) in [6, 6.07) is 3.40. The quantitative estimate of drug-likeness (QED) is 0.719. The summed E-state index contributed by atoms with van der Waals surface area (Å²) in [7, 11) is 0. The van der Waals surface area contributed by atoms with Gasteiger partial charge < -0.3 is 4.98 Å². The van der Waals surface area contributed by atoms with Crippen LogP contribution >= 0.6 is 11.6 Å². The normalized spacial score (nSPS) is 10.4. The average molecular weight is 209 g/mol. The van der Waals surface area contributed by atoms with Gasteiger partial charge in [-0.15, -0.1) is 0 Å². The van der Waals surface area contributed by atoms with Crippen molar-refractivity contribution >= 4 is 27.9 Å². The van der Waals surface area contributed by atoms with Gasteiger partial charge in [0.1, 0.15) is 5.52 Å². The maximum Gasteiger partial charge on any atom is 0.257 e. The molecule has 0 aliphatic carbocycles. The number of hydrogen-bond donors (Lipinski definition) is 1. The van der Waals surface area contributed by atoms with Crippen molar-refractivity contribution in [3.63, 3.8) is 0 Å². The molecule has 0 unspecified atom stereocenters. The SMILES string of the molecule is O=C(Cl)c1c[nH]c2cccnc2c1=O. The van der Waals surface area contributed by atoms with Gasteiger partial charge in [0.15, 0.2) is 0 Å². The number of nitrogens with one attached hydrogen (secondary N) is 1. The fourth-order valence-corrected chi connectivity index (χ4v) is 1.33. The first-order chi connectivity index (χ1) is 6.70. The van der Waals surface area contributed by atoms with Crippen molar-refractivity contribution in [1.82, 2.24) is 9.97 Å². The van der Waals surface area contributed by atoms with Crippen LogP contribution in [0.4, 0.5) is 0 Å². The highest BCUT2D eigenvalue weighted by Crippen LogP contribution is 2.05. The molecule has 0 aliphatic rings. The van der Waals surface area contributed by atoms with Crippen LogP contribution in [0.25, 0.3) is 11.0 Å². The Bertz CT molecular complexity index is 562. The van der Waals surface area contributed by atoms with Crippen molar-refractivity contribution in [2.45, 2.75) is 0 Å². The van der Waals surface area contributed by atoms with Crippen molar-refractivity contribution < 1.29 is 4.79 Å². The zero-order valence-corrected chi connectivity index (χ0v) is 7.71. The van der Waals surface area contributed by atoms with E-state index in [1.165, 1.54) is 12.4 Å². The third-order valence-corrected chi connectivity index (χ3v) is 2.05. The second-order valence-corrected chi connectivity index (χ2v) is 3.05. The molecule has 0 saturated heterocycles. The molecule has 14 heavy (non-hydrogen) atoms. The van der Waals surface area contributed by atoms with Gasteiger partial charge in [-0.25, -0.2) is 0 Å². The van der Waals surface area contributed by atoms with E-state index in [-0.39, 0.29) is 11.1 Å². The zero-order chi connectivity index (χ0) is 10.1. The van der Waals surface area contributed by atoms with Crippen molar-refractivity contribution in [2.24, 2.45) is 0 Å². The van der Waals surface area contributed by atoms with Gasteiger partial charge in [-0.3, -0.25) is 14.6 Å². The Balaban J connectivity index is 2.89. The zero-order valence-electron chi connectivity index (χ0n) is 6.95. The third kappa shape index (κ3) is 1.29. The van der Waals surface area contributed by atoms with Gasteiger partial charge in [-0.1, -0.05) is 0 Å². The fraction of sp³-hybridized carbons (Fsp3) is 0. The Hall–Kier alpha value is -1.68. The Morgan fingerprint density at radius 2 is 2.29 bits per heavy atom. The molecule has 0 bridgehead atoms. The first kappa shape index (κ1) is 8.90. The maximum atomic E-state index is 11.6. The smallest absolute Gasteiger partial charge is 0.257 e. The second kappa shape index (κ2) is 3.23. The molecule has 0 saturated carbocycles. The molecule has 0 aromatic carbocycles. The number of fused-ring (bicyclic) bond motifs is 1. The van der Waals surface area contributed by atoms with E-state index >= 15 is 0 Å². The summed E-state index contributed by atoms with van der Waals surface area (Å²) in [5.74, 6) is 0. The number of nitrogens with zero attached hydrogens (tertiary/aromatic N) is 1. The van der Waals surface area contributed by atoms with Gasteiger partial charge in [0.05, 0.1) is 11.1 Å². The minimum atomic E-state index is -0.779. The van der Waals surface area contributed by atoms with E-state index in [1.54, 1.807) is 12.1 Å². The summed E-state index contributed by atoms with van der Waals surface area (Å²) in [6.07, 6.45) is 2.78. The Labute approximate surface area is 83.5 Å². The molecule has 0 amide bonds. The number of aromatic nitrogens is 2. The molecule has 0 radical (unpaired) electrons. The number of aromatic amines is 1. The highest BCUT2D eigenvalue weighted by molar-refractivity contribution is 6.67. The van der Waals surface area contributed by atoms with E-state index in [1.807, 2.05) is 0 Å². The van der Waals surface area contributed by atoms with Gasteiger partial charge in [0.25, 0.3) is 5.24 Å². The summed E-state index contributed by atoms with van der Waals surface area (Å²) in [5.41, 5.74) is 0.274. The van der Waals surface area contributed by atoms with E-state index in [9.17, 15) is 9.59 Å². The fourth-order valence-electron chi connectivity index (χ4n) is 1.19.